The van der Waals surface area contributed by atoms with E-state index in [4.69, 9.17) is 5.73 Å². The number of benzene rings is 1. The molecule has 1 aromatic carbocycles. The topological polar surface area (TPSA) is 29.3 Å². The van der Waals surface area contributed by atoms with Crippen molar-refractivity contribution in [1.29, 1.82) is 0 Å². The molecule has 0 unspecified atom stereocenters. The molecule has 0 radical (unpaired) electrons. The average molecular weight is 208 g/mol. The lowest BCUT2D eigenvalue weighted by atomic mass is 10.2. The number of rotatable bonds is 4. The van der Waals surface area contributed by atoms with Crippen molar-refractivity contribution in [2.45, 2.75) is 32.4 Å². The lowest BCUT2D eigenvalue weighted by molar-refractivity contribution is 0.269. The highest BCUT2D eigenvalue weighted by Gasteiger charge is 2.27. The molecule has 1 aliphatic rings. The third-order valence-electron chi connectivity index (χ3n) is 2.84. The van der Waals surface area contributed by atoms with Gasteiger partial charge in [0.15, 0.2) is 0 Å². The highest BCUT2D eigenvalue weighted by atomic mass is 19.1. The second-order valence-corrected chi connectivity index (χ2v) is 4.19. The van der Waals surface area contributed by atoms with E-state index >= 15 is 0 Å². The number of nitrogens with two attached hydrogens (primary N) is 1. The number of nitrogens with zero attached hydrogens (tertiary/aromatic N) is 1. The predicted molar refractivity (Wildman–Crippen MR) is 59.9 cm³/mol. The Balaban J connectivity index is 2.08. The first-order valence-corrected chi connectivity index (χ1v) is 5.48. The molecule has 1 aromatic rings. The number of nitrogen functional groups attached to an aromatic ring is 1. The Hall–Kier alpha value is -1.09. The molecule has 0 heterocycles. The second kappa shape index (κ2) is 4.19. The van der Waals surface area contributed by atoms with Crippen LogP contribution in [-0.2, 0) is 6.54 Å². The van der Waals surface area contributed by atoms with Gasteiger partial charge in [-0.3, -0.25) is 4.90 Å². The van der Waals surface area contributed by atoms with Crippen LogP contribution >= 0.6 is 0 Å². The van der Waals surface area contributed by atoms with Gasteiger partial charge in [0.2, 0.25) is 0 Å². The largest absolute Gasteiger partial charge is 0.399 e. The summed E-state index contributed by atoms with van der Waals surface area (Å²) in [5.74, 6) is -0.239. The Bertz CT molecular complexity index is 327. The van der Waals surface area contributed by atoms with Crippen LogP contribution in [0.3, 0.4) is 0 Å². The number of hydrogen-bond acceptors (Lipinski definition) is 2. The summed E-state index contributed by atoms with van der Waals surface area (Å²) in [6.07, 6.45) is 2.55. The smallest absolute Gasteiger partial charge is 0.125 e. The molecule has 2 nitrogen and oxygen atoms in total. The van der Waals surface area contributed by atoms with E-state index < -0.39 is 0 Å². The summed E-state index contributed by atoms with van der Waals surface area (Å²) in [7, 11) is 0. The minimum Gasteiger partial charge on any atom is -0.399 e. The van der Waals surface area contributed by atoms with Crippen LogP contribution in [0, 0.1) is 5.82 Å². The van der Waals surface area contributed by atoms with E-state index in [2.05, 4.69) is 11.8 Å². The maximum Gasteiger partial charge on any atom is 0.125 e. The van der Waals surface area contributed by atoms with Gasteiger partial charge in [0, 0.05) is 18.3 Å². The first kappa shape index (κ1) is 10.4. The van der Waals surface area contributed by atoms with Crippen LogP contribution in [0.1, 0.15) is 25.3 Å². The van der Waals surface area contributed by atoms with Crippen LogP contribution in [0.4, 0.5) is 10.1 Å². The zero-order valence-corrected chi connectivity index (χ0v) is 9.04. The maximum atomic E-state index is 13.1. The van der Waals surface area contributed by atoms with Gasteiger partial charge in [-0.05, 0) is 43.1 Å². The molecular weight excluding hydrogens is 191 g/mol. The van der Waals surface area contributed by atoms with Gasteiger partial charge in [0.05, 0.1) is 0 Å². The lowest BCUT2D eigenvalue weighted by Crippen LogP contribution is -2.25. The summed E-state index contributed by atoms with van der Waals surface area (Å²) < 4.78 is 13.1. The summed E-state index contributed by atoms with van der Waals surface area (Å²) in [6, 6.07) is 5.49. The zero-order valence-electron chi connectivity index (χ0n) is 9.04. The van der Waals surface area contributed by atoms with Crippen molar-refractivity contribution in [2.75, 3.05) is 12.3 Å². The van der Waals surface area contributed by atoms with Gasteiger partial charge < -0.3 is 5.73 Å². The summed E-state index contributed by atoms with van der Waals surface area (Å²) >= 11 is 0. The van der Waals surface area contributed by atoms with Crippen molar-refractivity contribution in [3.63, 3.8) is 0 Å². The molecule has 0 saturated heterocycles. The van der Waals surface area contributed by atoms with E-state index in [1.807, 2.05) is 6.07 Å². The second-order valence-electron chi connectivity index (χ2n) is 4.19. The van der Waals surface area contributed by atoms with Crippen LogP contribution in [-0.4, -0.2) is 17.5 Å². The van der Waals surface area contributed by atoms with Crippen LogP contribution in [0.25, 0.3) is 0 Å². The molecule has 0 aromatic heterocycles. The van der Waals surface area contributed by atoms with E-state index in [9.17, 15) is 4.39 Å². The number of hydrogen-bond donors (Lipinski definition) is 1. The molecule has 0 amide bonds. The predicted octanol–water partition coefficient (Wildman–Crippen LogP) is 2.39. The summed E-state index contributed by atoms with van der Waals surface area (Å²) in [5.41, 5.74) is 7.09. The molecule has 0 spiro atoms. The molecule has 1 fully saturated rings. The van der Waals surface area contributed by atoms with Crippen molar-refractivity contribution in [3.8, 4) is 0 Å². The Kier molecular flexibility index (Phi) is 2.91. The van der Waals surface area contributed by atoms with Gasteiger partial charge in [-0.25, -0.2) is 4.39 Å². The van der Waals surface area contributed by atoms with E-state index in [1.54, 1.807) is 6.07 Å². The lowest BCUT2D eigenvalue weighted by Gasteiger charge is -2.19. The molecule has 1 saturated carbocycles. The van der Waals surface area contributed by atoms with Crippen LogP contribution in [0.15, 0.2) is 18.2 Å². The molecule has 82 valence electrons. The third-order valence-corrected chi connectivity index (χ3v) is 2.84. The van der Waals surface area contributed by atoms with E-state index in [0.717, 1.165) is 18.7 Å². The van der Waals surface area contributed by atoms with Gasteiger partial charge in [-0.1, -0.05) is 6.92 Å². The van der Waals surface area contributed by atoms with E-state index in [-0.39, 0.29) is 5.82 Å². The Labute approximate surface area is 89.9 Å². The van der Waals surface area contributed by atoms with Gasteiger partial charge in [-0.15, -0.1) is 0 Å². The molecule has 3 heteroatoms. The molecule has 1 aliphatic carbocycles. The van der Waals surface area contributed by atoms with Crippen LogP contribution in [0.5, 0.6) is 0 Å². The molecule has 0 bridgehead atoms. The Morgan fingerprint density at radius 3 is 2.67 bits per heavy atom. The van der Waals surface area contributed by atoms with Crippen LogP contribution in [0.2, 0.25) is 0 Å². The SMILES string of the molecule is CCN(Cc1cc(N)cc(F)c1)C1CC1. The van der Waals surface area contributed by atoms with Gasteiger partial charge in [-0.2, -0.15) is 0 Å². The van der Waals surface area contributed by atoms with Crippen molar-refractivity contribution in [2.24, 2.45) is 0 Å². The highest BCUT2D eigenvalue weighted by molar-refractivity contribution is 5.41. The first-order chi connectivity index (χ1) is 7.19. The molecule has 0 aliphatic heterocycles. The Morgan fingerprint density at radius 1 is 1.40 bits per heavy atom. The number of halogens is 1. The monoisotopic (exact) mass is 208 g/mol. The summed E-state index contributed by atoms with van der Waals surface area (Å²) in [4.78, 5) is 2.37. The van der Waals surface area contributed by atoms with Gasteiger partial charge in [0.1, 0.15) is 5.82 Å². The molecular formula is C12H17FN2. The van der Waals surface area contributed by atoms with Crippen LogP contribution < -0.4 is 5.73 Å². The summed E-state index contributed by atoms with van der Waals surface area (Å²) in [5, 5.41) is 0. The fourth-order valence-corrected chi connectivity index (χ4v) is 1.94. The van der Waals surface area contributed by atoms with E-state index in [1.165, 1.54) is 18.9 Å². The highest BCUT2D eigenvalue weighted by Crippen LogP contribution is 2.28. The van der Waals surface area contributed by atoms with Gasteiger partial charge in [0.25, 0.3) is 0 Å². The zero-order chi connectivity index (χ0) is 10.8. The van der Waals surface area contributed by atoms with E-state index in [0.29, 0.717) is 11.7 Å². The minimum atomic E-state index is -0.239. The standard InChI is InChI=1S/C12H17FN2/c1-2-15(12-3-4-12)8-9-5-10(13)7-11(14)6-9/h5-7,12H,2-4,8,14H2,1H3. The molecule has 0 atom stereocenters. The minimum absolute atomic E-state index is 0.239. The molecule has 2 N–H and O–H groups in total. The normalized spacial score (nSPS) is 15.9. The fraction of sp³-hybridized carbons (Fsp3) is 0.500. The van der Waals surface area contributed by atoms with Crippen molar-refractivity contribution in [1.82, 2.24) is 4.90 Å². The summed E-state index contributed by atoms with van der Waals surface area (Å²) in [6.45, 7) is 3.96. The Morgan fingerprint density at radius 2 is 2.13 bits per heavy atom. The third kappa shape index (κ3) is 2.69. The van der Waals surface area contributed by atoms with Crippen molar-refractivity contribution in [3.05, 3.63) is 29.6 Å². The molecule has 2 rings (SSSR count). The fourth-order valence-electron chi connectivity index (χ4n) is 1.94. The average Bonchev–Trinajstić information content (AvgIpc) is 2.95. The maximum absolute atomic E-state index is 13.1. The number of anilines is 1. The quantitative estimate of drug-likeness (QED) is 0.770. The molecule has 15 heavy (non-hydrogen) atoms. The van der Waals surface area contributed by atoms with Crippen molar-refractivity contribution < 1.29 is 4.39 Å². The van der Waals surface area contributed by atoms with Gasteiger partial charge >= 0.3 is 0 Å². The van der Waals surface area contributed by atoms with Crippen molar-refractivity contribution >= 4 is 5.69 Å². The first-order valence-electron chi connectivity index (χ1n) is 5.48.